The van der Waals surface area contributed by atoms with E-state index in [9.17, 15) is 9.59 Å². The smallest absolute Gasteiger partial charge is 0.287 e. The molecule has 1 atom stereocenters. The number of hydrogen-bond donors (Lipinski definition) is 1. The Bertz CT molecular complexity index is 1300. The Morgan fingerprint density at radius 1 is 1.03 bits per heavy atom. The van der Waals surface area contributed by atoms with Crippen molar-refractivity contribution in [2.24, 2.45) is 5.92 Å². The SMILES string of the molecule is Cc1cccc([C@@H]2c3cc(OCc4ccc(C(=O)NC5CC5)o4)ccc3CCN2C(=O)C2CCCC2)c1. The molecule has 2 aliphatic carbocycles. The first kappa shape index (κ1) is 23.8. The van der Waals surface area contributed by atoms with Crippen LogP contribution < -0.4 is 10.1 Å². The molecule has 0 radical (unpaired) electrons. The molecule has 2 aromatic carbocycles. The zero-order chi connectivity index (χ0) is 25.4. The minimum Gasteiger partial charge on any atom is -0.486 e. The van der Waals surface area contributed by atoms with Gasteiger partial charge in [0, 0.05) is 18.5 Å². The lowest BCUT2D eigenvalue weighted by atomic mass is 9.86. The molecule has 3 aliphatic rings. The first-order chi connectivity index (χ1) is 18.0. The Morgan fingerprint density at radius 3 is 2.65 bits per heavy atom. The number of carbonyl (C=O) groups is 2. The van der Waals surface area contributed by atoms with Crippen molar-refractivity contribution in [1.82, 2.24) is 10.2 Å². The molecule has 192 valence electrons. The van der Waals surface area contributed by atoms with Gasteiger partial charge in [-0.2, -0.15) is 0 Å². The van der Waals surface area contributed by atoms with Crippen molar-refractivity contribution < 1.29 is 18.7 Å². The predicted octanol–water partition coefficient (Wildman–Crippen LogP) is 5.72. The molecule has 6 heteroatoms. The molecule has 3 aromatic rings. The zero-order valence-electron chi connectivity index (χ0n) is 21.4. The number of nitrogens with one attached hydrogen (secondary N) is 1. The number of ether oxygens (including phenoxy) is 1. The predicted molar refractivity (Wildman–Crippen MR) is 140 cm³/mol. The molecule has 2 amide bonds. The van der Waals surface area contributed by atoms with Crippen LogP contribution in [0.25, 0.3) is 0 Å². The van der Waals surface area contributed by atoms with Gasteiger partial charge in [-0.3, -0.25) is 9.59 Å². The zero-order valence-corrected chi connectivity index (χ0v) is 21.4. The second-order valence-electron chi connectivity index (χ2n) is 10.7. The minimum absolute atomic E-state index is 0.123. The molecule has 2 fully saturated rings. The van der Waals surface area contributed by atoms with E-state index in [1.165, 1.54) is 11.1 Å². The topological polar surface area (TPSA) is 71.8 Å². The van der Waals surface area contributed by atoms with Crippen molar-refractivity contribution in [2.45, 2.75) is 70.6 Å². The Kier molecular flexibility index (Phi) is 6.49. The van der Waals surface area contributed by atoms with Crippen LogP contribution in [0.1, 0.15) is 83.1 Å². The highest BCUT2D eigenvalue weighted by atomic mass is 16.5. The second-order valence-corrected chi connectivity index (χ2v) is 10.7. The van der Waals surface area contributed by atoms with Gasteiger partial charge in [-0.05, 0) is 80.0 Å². The summed E-state index contributed by atoms with van der Waals surface area (Å²) in [6.07, 6.45) is 7.19. The minimum atomic E-state index is -0.171. The fraction of sp³-hybridized carbons (Fsp3) is 0.419. The summed E-state index contributed by atoms with van der Waals surface area (Å²) >= 11 is 0. The van der Waals surface area contributed by atoms with Crippen molar-refractivity contribution in [3.8, 4) is 5.75 Å². The average Bonchev–Trinajstić information content (AvgIpc) is 3.35. The summed E-state index contributed by atoms with van der Waals surface area (Å²) in [5.74, 6) is 1.90. The van der Waals surface area contributed by atoms with Crippen LogP contribution in [0.15, 0.2) is 59.0 Å². The van der Waals surface area contributed by atoms with E-state index in [4.69, 9.17) is 9.15 Å². The van der Waals surface area contributed by atoms with Crippen molar-refractivity contribution in [1.29, 1.82) is 0 Å². The van der Waals surface area contributed by atoms with Crippen LogP contribution in [0.5, 0.6) is 5.75 Å². The number of carbonyl (C=O) groups excluding carboxylic acids is 2. The van der Waals surface area contributed by atoms with Crippen molar-refractivity contribution in [2.75, 3.05) is 6.54 Å². The molecule has 2 saturated carbocycles. The molecule has 0 spiro atoms. The molecule has 2 heterocycles. The first-order valence-corrected chi connectivity index (χ1v) is 13.6. The molecule has 6 rings (SSSR count). The van der Waals surface area contributed by atoms with Gasteiger partial charge in [0.2, 0.25) is 5.91 Å². The maximum absolute atomic E-state index is 13.7. The Morgan fingerprint density at radius 2 is 1.86 bits per heavy atom. The third-order valence-electron chi connectivity index (χ3n) is 7.87. The Hall–Kier alpha value is -3.54. The molecule has 1 aliphatic heterocycles. The highest BCUT2D eigenvalue weighted by Crippen LogP contribution is 2.40. The molecule has 0 saturated heterocycles. The number of amides is 2. The van der Waals surface area contributed by atoms with Gasteiger partial charge >= 0.3 is 0 Å². The molecular formula is C31H34N2O4. The van der Waals surface area contributed by atoms with Crippen LogP contribution in [0.2, 0.25) is 0 Å². The highest BCUT2D eigenvalue weighted by molar-refractivity contribution is 5.91. The van der Waals surface area contributed by atoms with Crippen molar-refractivity contribution in [3.63, 3.8) is 0 Å². The maximum atomic E-state index is 13.7. The summed E-state index contributed by atoms with van der Waals surface area (Å²) in [6, 6.07) is 18.3. The van der Waals surface area contributed by atoms with Gasteiger partial charge in [0.1, 0.15) is 18.1 Å². The van der Waals surface area contributed by atoms with Crippen LogP contribution in [0, 0.1) is 12.8 Å². The molecule has 37 heavy (non-hydrogen) atoms. The first-order valence-electron chi connectivity index (χ1n) is 13.6. The van der Waals surface area contributed by atoms with Gasteiger partial charge in [-0.25, -0.2) is 0 Å². The van der Waals surface area contributed by atoms with Gasteiger partial charge in [0.15, 0.2) is 5.76 Å². The molecule has 0 unspecified atom stereocenters. The average molecular weight is 499 g/mol. The van der Waals surface area contributed by atoms with E-state index in [-0.39, 0.29) is 36.4 Å². The van der Waals surface area contributed by atoms with E-state index in [0.717, 1.165) is 68.4 Å². The number of benzene rings is 2. The van der Waals surface area contributed by atoms with Gasteiger partial charge in [-0.15, -0.1) is 0 Å². The maximum Gasteiger partial charge on any atom is 0.287 e. The Labute approximate surface area is 218 Å². The number of rotatable bonds is 7. The quantitative estimate of drug-likeness (QED) is 0.452. The number of aryl methyl sites for hydroxylation is 1. The molecule has 0 bridgehead atoms. The number of furan rings is 1. The van der Waals surface area contributed by atoms with E-state index in [1.807, 2.05) is 6.07 Å². The molecule has 1 N–H and O–H groups in total. The van der Waals surface area contributed by atoms with E-state index in [1.54, 1.807) is 12.1 Å². The third-order valence-corrected chi connectivity index (χ3v) is 7.87. The highest BCUT2D eigenvalue weighted by Gasteiger charge is 2.36. The van der Waals surface area contributed by atoms with Crippen LogP contribution in [0.4, 0.5) is 0 Å². The lowest BCUT2D eigenvalue weighted by Crippen LogP contribution is -2.43. The number of nitrogens with zero attached hydrogens (tertiary/aromatic N) is 1. The van der Waals surface area contributed by atoms with E-state index in [0.29, 0.717) is 11.5 Å². The summed E-state index contributed by atoms with van der Waals surface area (Å²) in [5, 5.41) is 2.94. The largest absolute Gasteiger partial charge is 0.486 e. The summed E-state index contributed by atoms with van der Waals surface area (Å²) in [7, 11) is 0. The van der Waals surface area contributed by atoms with Crippen molar-refractivity contribution >= 4 is 11.8 Å². The van der Waals surface area contributed by atoms with Crippen molar-refractivity contribution in [3.05, 3.63) is 88.4 Å². The van der Waals surface area contributed by atoms with Gasteiger partial charge < -0.3 is 19.4 Å². The molecular weight excluding hydrogens is 464 g/mol. The third kappa shape index (κ3) is 5.15. The van der Waals surface area contributed by atoms with Crippen LogP contribution in [0.3, 0.4) is 0 Å². The summed E-state index contributed by atoms with van der Waals surface area (Å²) in [6.45, 7) is 3.06. The number of fused-ring (bicyclic) bond motifs is 1. The normalized spacial score (nSPS) is 19.5. The lowest BCUT2D eigenvalue weighted by Gasteiger charge is -2.39. The molecule has 1 aromatic heterocycles. The lowest BCUT2D eigenvalue weighted by molar-refractivity contribution is -0.137. The summed E-state index contributed by atoms with van der Waals surface area (Å²) in [5.41, 5.74) is 4.71. The Balaban J connectivity index is 1.24. The standard InChI is InChI=1S/C31H34N2O4/c1-20-5-4-8-23(17-20)29-27-18-25(36-19-26-13-14-28(37-26)30(34)32-24-10-11-24)12-9-21(27)15-16-33(29)31(35)22-6-2-3-7-22/h4-5,8-9,12-14,17-18,22,24,29H,2-3,6-7,10-11,15-16,19H2,1H3,(H,32,34)/t29-/m1/s1. The van der Waals surface area contributed by atoms with E-state index in [2.05, 4.69) is 53.5 Å². The second kappa shape index (κ2) is 10.1. The summed E-state index contributed by atoms with van der Waals surface area (Å²) in [4.78, 5) is 28.0. The van der Waals surface area contributed by atoms with Crippen LogP contribution in [-0.2, 0) is 17.8 Å². The fourth-order valence-corrected chi connectivity index (χ4v) is 5.74. The van der Waals surface area contributed by atoms with E-state index >= 15 is 0 Å². The fourth-order valence-electron chi connectivity index (χ4n) is 5.74. The summed E-state index contributed by atoms with van der Waals surface area (Å²) < 4.78 is 11.8. The van der Waals surface area contributed by atoms with Crippen LogP contribution in [-0.4, -0.2) is 29.3 Å². The van der Waals surface area contributed by atoms with Gasteiger partial charge in [0.05, 0.1) is 6.04 Å². The monoisotopic (exact) mass is 498 g/mol. The van der Waals surface area contributed by atoms with Gasteiger partial charge in [-0.1, -0.05) is 48.7 Å². The van der Waals surface area contributed by atoms with Crippen LogP contribution >= 0.6 is 0 Å². The number of hydrogen-bond acceptors (Lipinski definition) is 4. The molecule has 6 nitrogen and oxygen atoms in total. The van der Waals surface area contributed by atoms with E-state index < -0.39 is 0 Å². The van der Waals surface area contributed by atoms with Gasteiger partial charge in [0.25, 0.3) is 5.91 Å².